The third-order valence-corrected chi connectivity index (χ3v) is 6.92. The maximum atomic E-state index is 13.9. The zero-order valence-electron chi connectivity index (χ0n) is 19.9. The minimum Gasteiger partial charge on any atom is -0.506 e. The molecule has 0 fully saturated rings. The highest BCUT2D eigenvalue weighted by molar-refractivity contribution is 8.18. The third-order valence-electron chi connectivity index (χ3n) is 5.27. The summed E-state index contributed by atoms with van der Waals surface area (Å²) in [6, 6.07) is 17.5. The van der Waals surface area contributed by atoms with Gasteiger partial charge in [0.05, 0.1) is 27.1 Å². The Balaban J connectivity index is 1.61. The first kappa shape index (κ1) is 27.4. The number of ether oxygens (including phenoxy) is 2. The zero-order chi connectivity index (χ0) is 27.2. The Morgan fingerprint density at radius 1 is 1.05 bits per heavy atom. The van der Waals surface area contributed by atoms with E-state index in [1.54, 1.807) is 67.6 Å². The summed E-state index contributed by atoms with van der Waals surface area (Å²) < 4.78 is 24.6. The first-order valence-electron chi connectivity index (χ1n) is 11.3. The fourth-order valence-corrected chi connectivity index (χ4v) is 4.90. The molecule has 0 radical (unpaired) electrons. The number of hydrogen-bond acceptors (Lipinski definition) is 6. The highest BCUT2D eigenvalue weighted by Gasteiger charge is 2.34. The monoisotopic (exact) mass is 571 g/mol. The Labute approximate surface area is 232 Å². The molecule has 0 unspecified atom stereocenters. The van der Waals surface area contributed by atoms with Gasteiger partial charge in [0.25, 0.3) is 5.91 Å². The molecule has 0 spiro atoms. The standard InChI is InChI=1S/C28H20Cl2FNO5S/c1-2-36-28(35)24-25(33)23(38-27(24)32-26(34)18-8-4-5-9-19(18)29)14-16-11-12-22(20(30)13-16)37-15-17-7-3-6-10-21(17)31/h3-14,33H,2,15H2,1H3/b23-14-,32-27?. The van der Waals surface area contributed by atoms with E-state index in [0.717, 1.165) is 11.8 Å². The van der Waals surface area contributed by atoms with E-state index < -0.39 is 11.9 Å². The summed E-state index contributed by atoms with van der Waals surface area (Å²) in [4.78, 5) is 29.7. The van der Waals surface area contributed by atoms with Gasteiger partial charge in [0.2, 0.25) is 0 Å². The number of rotatable bonds is 7. The van der Waals surface area contributed by atoms with Gasteiger partial charge >= 0.3 is 5.97 Å². The number of thioether (sulfide) groups is 1. The van der Waals surface area contributed by atoms with Crippen molar-refractivity contribution < 1.29 is 28.6 Å². The van der Waals surface area contributed by atoms with Crippen LogP contribution in [0.5, 0.6) is 5.75 Å². The molecule has 1 heterocycles. The van der Waals surface area contributed by atoms with Crippen molar-refractivity contribution >= 4 is 58.0 Å². The first-order valence-corrected chi connectivity index (χ1v) is 12.9. The van der Waals surface area contributed by atoms with Crippen LogP contribution in [0.15, 0.2) is 88.0 Å². The molecule has 0 bridgehead atoms. The molecule has 0 saturated heterocycles. The van der Waals surface area contributed by atoms with Crippen molar-refractivity contribution in [2.75, 3.05) is 6.61 Å². The number of aliphatic imine (C=N–C) groups is 1. The van der Waals surface area contributed by atoms with E-state index in [4.69, 9.17) is 32.7 Å². The quantitative estimate of drug-likeness (QED) is 0.297. The molecule has 194 valence electrons. The van der Waals surface area contributed by atoms with Gasteiger partial charge in [-0.05, 0) is 48.9 Å². The molecular weight excluding hydrogens is 552 g/mol. The van der Waals surface area contributed by atoms with Gasteiger partial charge in [-0.1, -0.05) is 71.4 Å². The van der Waals surface area contributed by atoms with Crippen LogP contribution in [0.1, 0.15) is 28.4 Å². The Bertz CT molecular complexity index is 1500. The summed E-state index contributed by atoms with van der Waals surface area (Å²) in [6.07, 6.45) is 1.58. The summed E-state index contributed by atoms with van der Waals surface area (Å²) in [5.41, 5.74) is 0.889. The lowest BCUT2D eigenvalue weighted by atomic mass is 10.1. The Hall–Kier alpha value is -3.59. The second-order valence-corrected chi connectivity index (χ2v) is 9.67. The van der Waals surface area contributed by atoms with E-state index in [9.17, 15) is 19.1 Å². The molecule has 0 aromatic heterocycles. The van der Waals surface area contributed by atoms with Crippen LogP contribution in [0.3, 0.4) is 0 Å². The SMILES string of the molecule is CCOC(=O)C1=C(O)/C(=C/c2ccc(OCc3ccccc3F)c(Cl)c2)SC1=NC(=O)c1ccccc1Cl. The summed E-state index contributed by atoms with van der Waals surface area (Å²) in [5.74, 6) is -1.91. The van der Waals surface area contributed by atoms with E-state index in [0.29, 0.717) is 16.9 Å². The van der Waals surface area contributed by atoms with Gasteiger partial charge in [-0.3, -0.25) is 4.79 Å². The normalized spacial score (nSPS) is 15.3. The Kier molecular flexibility index (Phi) is 8.89. The molecule has 0 saturated carbocycles. The van der Waals surface area contributed by atoms with E-state index in [-0.39, 0.29) is 55.9 Å². The average molecular weight is 572 g/mol. The van der Waals surface area contributed by atoms with Crippen LogP contribution in [0.25, 0.3) is 6.08 Å². The number of halogens is 3. The van der Waals surface area contributed by atoms with Crippen LogP contribution in [-0.2, 0) is 16.1 Å². The lowest BCUT2D eigenvalue weighted by Crippen LogP contribution is -2.14. The Morgan fingerprint density at radius 2 is 1.79 bits per heavy atom. The molecule has 3 aromatic carbocycles. The predicted molar refractivity (Wildman–Crippen MR) is 147 cm³/mol. The van der Waals surface area contributed by atoms with Crippen LogP contribution in [-0.4, -0.2) is 28.6 Å². The van der Waals surface area contributed by atoms with Gasteiger partial charge in [-0.2, -0.15) is 0 Å². The van der Waals surface area contributed by atoms with E-state index in [2.05, 4.69) is 4.99 Å². The molecule has 38 heavy (non-hydrogen) atoms. The number of benzene rings is 3. The topological polar surface area (TPSA) is 85.2 Å². The van der Waals surface area contributed by atoms with Gasteiger partial charge in [0, 0.05) is 5.56 Å². The predicted octanol–water partition coefficient (Wildman–Crippen LogP) is 7.41. The van der Waals surface area contributed by atoms with Crippen LogP contribution in [0, 0.1) is 5.82 Å². The van der Waals surface area contributed by atoms with Crippen molar-refractivity contribution in [2.45, 2.75) is 13.5 Å². The molecule has 4 rings (SSSR count). The van der Waals surface area contributed by atoms with Crippen molar-refractivity contribution in [3.8, 4) is 5.75 Å². The van der Waals surface area contributed by atoms with Crippen LogP contribution >= 0.6 is 35.0 Å². The third kappa shape index (κ3) is 6.27. The summed E-state index contributed by atoms with van der Waals surface area (Å²) in [5, 5.41) is 11.3. The summed E-state index contributed by atoms with van der Waals surface area (Å²) >= 11 is 13.4. The number of nitrogens with zero attached hydrogens (tertiary/aromatic N) is 1. The molecule has 1 aliphatic rings. The van der Waals surface area contributed by atoms with Crippen LogP contribution < -0.4 is 4.74 Å². The molecular formula is C28H20Cl2FNO5S. The first-order chi connectivity index (χ1) is 18.3. The van der Waals surface area contributed by atoms with E-state index in [1.807, 2.05) is 0 Å². The van der Waals surface area contributed by atoms with Crippen molar-refractivity contribution in [3.63, 3.8) is 0 Å². The van der Waals surface area contributed by atoms with Crippen LogP contribution in [0.4, 0.5) is 4.39 Å². The Morgan fingerprint density at radius 3 is 2.50 bits per heavy atom. The van der Waals surface area contributed by atoms with E-state index in [1.165, 1.54) is 12.1 Å². The zero-order valence-corrected chi connectivity index (χ0v) is 22.2. The number of amides is 1. The minimum absolute atomic E-state index is 0.00556. The molecule has 0 aliphatic carbocycles. The highest BCUT2D eigenvalue weighted by atomic mass is 35.5. The maximum Gasteiger partial charge on any atom is 0.344 e. The number of aliphatic hydroxyl groups excluding tert-OH is 1. The largest absolute Gasteiger partial charge is 0.506 e. The average Bonchev–Trinajstić information content (AvgIpc) is 3.19. The van der Waals surface area contributed by atoms with Gasteiger partial charge in [0.1, 0.15) is 34.5 Å². The number of carbonyl (C=O) groups excluding carboxylic acids is 2. The molecule has 6 nitrogen and oxygen atoms in total. The number of carbonyl (C=O) groups is 2. The van der Waals surface area contributed by atoms with Gasteiger partial charge in [-0.15, -0.1) is 0 Å². The van der Waals surface area contributed by atoms with Crippen molar-refractivity contribution in [1.29, 1.82) is 0 Å². The molecule has 1 N–H and O–H groups in total. The summed E-state index contributed by atoms with van der Waals surface area (Å²) in [7, 11) is 0. The molecule has 1 aliphatic heterocycles. The van der Waals surface area contributed by atoms with Crippen molar-refractivity contribution in [1.82, 2.24) is 0 Å². The maximum absolute atomic E-state index is 13.9. The molecule has 10 heteroatoms. The molecule has 3 aromatic rings. The van der Waals surface area contributed by atoms with Gasteiger partial charge in [0.15, 0.2) is 0 Å². The smallest absolute Gasteiger partial charge is 0.344 e. The lowest BCUT2D eigenvalue weighted by molar-refractivity contribution is -0.138. The van der Waals surface area contributed by atoms with E-state index >= 15 is 0 Å². The van der Waals surface area contributed by atoms with Crippen LogP contribution in [0.2, 0.25) is 10.0 Å². The second kappa shape index (κ2) is 12.3. The molecule has 0 atom stereocenters. The summed E-state index contributed by atoms with van der Waals surface area (Å²) in [6.45, 7) is 1.68. The number of aliphatic hydroxyl groups is 1. The minimum atomic E-state index is -0.818. The van der Waals surface area contributed by atoms with Gasteiger partial charge in [-0.25, -0.2) is 14.2 Å². The number of hydrogen-bond donors (Lipinski definition) is 1. The fourth-order valence-electron chi connectivity index (χ4n) is 3.43. The lowest BCUT2D eigenvalue weighted by Gasteiger charge is -2.09. The molecule has 1 amide bonds. The highest BCUT2D eigenvalue weighted by Crippen LogP contribution is 2.40. The van der Waals surface area contributed by atoms with Crippen molar-refractivity contribution in [2.24, 2.45) is 4.99 Å². The fraction of sp³-hybridized carbons (Fsp3) is 0.107. The number of esters is 1. The van der Waals surface area contributed by atoms with Gasteiger partial charge < -0.3 is 14.6 Å². The van der Waals surface area contributed by atoms with Crippen molar-refractivity contribution in [3.05, 3.63) is 116 Å². The second-order valence-electron chi connectivity index (χ2n) is 7.83.